The molecule has 2 aromatic carbocycles. The zero-order valence-corrected chi connectivity index (χ0v) is 20.4. The fraction of sp³-hybridized carbons (Fsp3) is 0.333. The maximum atomic E-state index is 13.7. The van der Waals surface area contributed by atoms with Crippen molar-refractivity contribution >= 4 is 17.7 Å². The van der Waals surface area contributed by atoms with E-state index in [1.807, 2.05) is 54.6 Å². The van der Waals surface area contributed by atoms with Crippen LogP contribution in [0.3, 0.4) is 0 Å². The maximum Gasteiger partial charge on any atom is 0.274 e. The smallest absolute Gasteiger partial charge is 0.274 e. The number of carbonyl (C=O) groups is 3. The summed E-state index contributed by atoms with van der Waals surface area (Å²) in [6.45, 7) is 2.67. The lowest BCUT2D eigenvalue weighted by molar-refractivity contribution is -0.133. The van der Waals surface area contributed by atoms with Gasteiger partial charge in [0.15, 0.2) is 5.69 Å². The van der Waals surface area contributed by atoms with Gasteiger partial charge in [0.1, 0.15) is 17.0 Å². The van der Waals surface area contributed by atoms with Crippen LogP contribution in [-0.2, 0) is 24.4 Å². The molecule has 9 heteroatoms. The van der Waals surface area contributed by atoms with Crippen LogP contribution in [0.4, 0.5) is 0 Å². The van der Waals surface area contributed by atoms with E-state index in [1.54, 1.807) is 23.5 Å². The van der Waals surface area contributed by atoms with Crippen molar-refractivity contribution in [2.45, 2.75) is 51.0 Å². The Hall–Kier alpha value is -4.14. The molecule has 0 bridgehead atoms. The van der Waals surface area contributed by atoms with E-state index in [0.717, 1.165) is 29.7 Å². The second-order valence-corrected chi connectivity index (χ2v) is 9.45. The van der Waals surface area contributed by atoms with Gasteiger partial charge in [0, 0.05) is 19.1 Å². The van der Waals surface area contributed by atoms with Crippen molar-refractivity contribution in [2.24, 2.45) is 0 Å². The van der Waals surface area contributed by atoms with Crippen molar-refractivity contribution in [3.05, 3.63) is 83.4 Å². The van der Waals surface area contributed by atoms with Crippen LogP contribution in [0.2, 0.25) is 0 Å². The molecule has 1 aliphatic heterocycles. The first-order chi connectivity index (χ1) is 17.4. The molecule has 5 rings (SSSR count). The Morgan fingerprint density at radius 2 is 1.69 bits per heavy atom. The second kappa shape index (κ2) is 9.49. The van der Waals surface area contributed by atoms with Gasteiger partial charge in [-0.1, -0.05) is 42.5 Å². The molecule has 186 valence electrons. The SMILES string of the molecule is COc1ccc(CNC(=O)c2ncn3c2C(=O)N(C2CC2)[C@@](C)(C(=O)NCc2ccccc2)C3)cc1. The number of nitrogens with zero attached hydrogens (tertiary/aromatic N) is 3. The summed E-state index contributed by atoms with van der Waals surface area (Å²) in [5.74, 6) is -0.264. The molecule has 1 atom stereocenters. The van der Waals surface area contributed by atoms with Gasteiger partial charge < -0.3 is 24.8 Å². The average Bonchev–Trinajstić information content (AvgIpc) is 3.64. The highest BCUT2D eigenvalue weighted by molar-refractivity contribution is 6.07. The molecule has 1 saturated carbocycles. The molecule has 0 saturated heterocycles. The third kappa shape index (κ3) is 4.44. The Labute approximate surface area is 209 Å². The molecular formula is C27H29N5O4. The van der Waals surface area contributed by atoms with Crippen LogP contribution < -0.4 is 15.4 Å². The summed E-state index contributed by atoms with van der Waals surface area (Å²) < 4.78 is 6.79. The van der Waals surface area contributed by atoms with Crippen LogP contribution in [0, 0.1) is 0 Å². The molecule has 2 N–H and O–H groups in total. The third-order valence-electron chi connectivity index (χ3n) is 6.79. The van der Waals surface area contributed by atoms with Gasteiger partial charge in [-0.2, -0.15) is 0 Å². The minimum absolute atomic E-state index is 0.0242. The molecule has 1 fully saturated rings. The van der Waals surface area contributed by atoms with E-state index in [1.165, 1.54) is 6.33 Å². The first-order valence-electron chi connectivity index (χ1n) is 12.0. The number of rotatable bonds is 8. The molecule has 36 heavy (non-hydrogen) atoms. The van der Waals surface area contributed by atoms with Crippen molar-refractivity contribution in [1.82, 2.24) is 25.1 Å². The lowest BCUT2D eigenvalue weighted by Gasteiger charge is -2.44. The van der Waals surface area contributed by atoms with E-state index in [4.69, 9.17) is 4.74 Å². The number of imidazole rings is 1. The lowest BCUT2D eigenvalue weighted by Crippen LogP contribution is -2.64. The Kier molecular flexibility index (Phi) is 6.22. The normalized spacial score (nSPS) is 18.9. The zero-order chi connectivity index (χ0) is 25.3. The highest BCUT2D eigenvalue weighted by Crippen LogP contribution is 2.38. The van der Waals surface area contributed by atoms with Gasteiger partial charge in [0.2, 0.25) is 5.91 Å². The first kappa shape index (κ1) is 23.6. The van der Waals surface area contributed by atoms with E-state index < -0.39 is 11.4 Å². The summed E-state index contributed by atoms with van der Waals surface area (Å²) in [6, 6.07) is 17.0. The number of methoxy groups -OCH3 is 1. The Bertz CT molecular complexity index is 1280. The number of carbonyl (C=O) groups excluding carboxylic acids is 3. The molecule has 0 unspecified atom stereocenters. The van der Waals surface area contributed by atoms with Gasteiger partial charge >= 0.3 is 0 Å². The molecule has 3 amide bonds. The first-order valence-corrected chi connectivity index (χ1v) is 12.0. The number of amides is 3. The molecule has 0 radical (unpaired) electrons. The van der Waals surface area contributed by atoms with Crippen LogP contribution in [0.1, 0.15) is 51.9 Å². The van der Waals surface area contributed by atoms with E-state index in [-0.39, 0.29) is 42.3 Å². The number of aromatic nitrogens is 2. The summed E-state index contributed by atoms with van der Waals surface area (Å²) in [5.41, 5.74) is 1.09. The van der Waals surface area contributed by atoms with Gasteiger partial charge in [0.25, 0.3) is 11.8 Å². The number of benzene rings is 2. The van der Waals surface area contributed by atoms with Gasteiger partial charge in [-0.25, -0.2) is 4.98 Å². The van der Waals surface area contributed by atoms with Crippen molar-refractivity contribution in [1.29, 1.82) is 0 Å². The van der Waals surface area contributed by atoms with E-state index in [2.05, 4.69) is 15.6 Å². The Balaban J connectivity index is 1.34. The molecule has 1 aromatic heterocycles. The molecule has 1 aliphatic carbocycles. The standard InChI is InChI=1S/C27H29N5O4/c1-27(26(35)29-15-18-6-4-3-5-7-18)16-31-17-30-22(23(31)25(34)32(27)20-10-11-20)24(33)28-14-19-8-12-21(36-2)13-9-19/h3-9,12-13,17,20H,10-11,14-16H2,1-2H3,(H,28,33)(H,29,35)/t27-/m1/s1. The van der Waals surface area contributed by atoms with E-state index in [9.17, 15) is 14.4 Å². The van der Waals surface area contributed by atoms with Crippen LogP contribution in [0.5, 0.6) is 5.75 Å². The Morgan fingerprint density at radius 3 is 2.36 bits per heavy atom. The van der Waals surface area contributed by atoms with E-state index >= 15 is 0 Å². The maximum absolute atomic E-state index is 13.7. The van der Waals surface area contributed by atoms with Crippen LogP contribution in [0.15, 0.2) is 60.9 Å². The predicted molar refractivity (Wildman–Crippen MR) is 132 cm³/mol. The largest absolute Gasteiger partial charge is 0.497 e. The van der Waals surface area contributed by atoms with Gasteiger partial charge in [-0.15, -0.1) is 0 Å². The van der Waals surface area contributed by atoms with Gasteiger partial charge in [-0.05, 0) is 43.0 Å². The van der Waals surface area contributed by atoms with Crippen molar-refractivity contribution < 1.29 is 19.1 Å². The Morgan fingerprint density at radius 1 is 1.03 bits per heavy atom. The summed E-state index contributed by atoms with van der Waals surface area (Å²) >= 11 is 0. The highest BCUT2D eigenvalue weighted by atomic mass is 16.5. The number of hydrogen-bond donors (Lipinski definition) is 2. The van der Waals surface area contributed by atoms with Crippen LogP contribution >= 0.6 is 0 Å². The van der Waals surface area contributed by atoms with Gasteiger partial charge in [-0.3, -0.25) is 14.4 Å². The van der Waals surface area contributed by atoms with Crippen molar-refractivity contribution in [3.8, 4) is 5.75 Å². The van der Waals surface area contributed by atoms with Crippen LogP contribution in [-0.4, -0.2) is 50.9 Å². The monoisotopic (exact) mass is 487 g/mol. The number of hydrogen-bond acceptors (Lipinski definition) is 5. The molecule has 2 aliphatic rings. The van der Waals surface area contributed by atoms with Crippen molar-refractivity contribution in [3.63, 3.8) is 0 Å². The van der Waals surface area contributed by atoms with E-state index in [0.29, 0.717) is 6.54 Å². The number of fused-ring (bicyclic) bond motifs is 1. The molecule has 3 aromatic rings. The second-order valence-electron chi connectivity index (χ2n) is 9.45. The fourth-order valence-corrected chi connectivity index (χ4v) is 4.70. The summed E-state index contributed by atoms with van der Waals surface area (Å²) in [4.78, 5) is 46.1. The van der Waals surface area contributed by atoms with Crippen molar-refractivity contribution in [2.75, 3.05) is 7.11 Å². The molecular weight excluding hydrogens is 458 g/mol. The van der Waals surface area contributed by atoms with Gasteiger partial charge in [0.05, 0.1) is 20.0 Å². The minimum atomic E-state index is -1.09. The summed E-state index contributed by atoms with van der Waals surface area (Å²) in [6.07, 6.45) is 3.14. The minimum Gasteiger partial charge on any atom is -0.497 e. The fourth-order valence-electron chi connectivity index (χ4n) is 4.70. The molecule has 0 spiro atoms. The van der Waals surface area contributed by atoms with Crippen LogP contribution in [0.25, 0.3) is 0 Å². The predicted octanol–water partition coefficient (Wildman–Crippen LogP) is 2.52. The number of nitrogens with one attached hydrogen (secondary N) is 2. The quantitative estimate of drug-likeness (QED) is 0.508. The number of ether oxygens (including phenoxy) is 1. The lowest BCUT2D eigenvalue weighted by atomic mass is 9.93. The molecule has 2 heterocycles. The zero-order valence-electron chi connectivity index (χ0n) is 20.4. The highest BCUT2D eigenvalue weighted by Gasteiger charge is 2.53. The topological polar surface area (TPSA) is 106 Å². The average molecular weight is 488 g/mol. The third-order valence-corrected chi connectivity index (χ3v) is 6.79. The molecule has 9 nitrogen and oxygen atoms in total. The summed E-state index contributed by atoms with van der Waals surface area (Å²) in [7, 11) is 1.60. The summed E-state index contributed by atoms with van der Waals surface area (Å²) in [5, 5.41) is 5.84.